The third kappa shape index (κ3) is 2.50. The van der Waals surface area contributed by atoms with E-state index in [9.17, 15) is 14.9 Å². The molecular formula is C21H26N4O4S. The van der Waals surface area contributed by atoms with E-state index in [-0.39, 0.29) is 24.6 Å². The Morgan fingerprint density at radius 2 is 2.10 bits per heavy atom. The van der Waals surface area contributed by atoms with Crippen molar-refractivity contribution in [3.05, 3.63) is 23.2 Å². The van der Waals surface area contributed by atoms with Gasteiger partial charge in [0.2, 0.25) is 6.79 Å². The number of hydrogen-bond donors (Lipinski definition) is 0. The molecule has 0 aromatic carbocycles. The lowest BCUT2D eigenvalue weighted by Gasteiger charge is -2.41. The van der Waals surface area contributed by atoms with Gasteiger partial charge in [0.1, 0.15) is 5.76 Å². The van der Waals surface area contributed by atoms with Gasteiger partial charge in [0, 0.05) is 19.4 Å². The van der Waals surface area contributed by atoms with Gasteiger partial charge in [-0.15, -0.1) is 0 Å². The molecule has 0 N–H and O–H groups in total. The minimum Gasteiger partial charge on any atom is -0.458 e. The molecule has 4 aliphatic heterocycles. The molecule has 5 aliphatic rings. The third-order valence-electron chi connectivity index (χ3n) is 6.84. The van der Waals surface area contributed by atoms with Crippen LogP contribution in [0.2, 0.25) is 0 Å². The maximum Gasteiger partial charge on any atom is 0.260 e. The van der Waals surface area contributed by atoms with E-state index in [0.29, 0.717) is 31.6 Å². The van der Waals surface area contributed by atoms with Gasteiger partial charge < -0.3 is 24.2 Å². The Morgan fingerprint density at radius 1 is 1.30 bits per heavy atom. The molecule has 8 nitrogen and oxygen atoms in total. The standard InChI is InChI=1S/C21H26N4O4S/c1-20-18(26)25-17(13-5-6-15-16(9-13)29-12-28-15)14(11-22)10-21(25,30-20)19(27)24(20)8-4-7-23(2)3/h9,14,17H,4-8,10,12H2,1-3H3. The number of nitrogens with zero attached hydrogens (tertiary/aromatic N) is 4. The number of ether oxygens (including phenoxy) is 2. The SMILES string of the molecule is CN(C)CCCN1C(=O)C23CC(C#N)C(C4=CC5=C(CC4)OCO5)N2C(=O)C1(C)S3. The number of amides is 2. The monoisotopic (exact) mass is 430 g/mol. The van der Waals surface area contributed by atoms with Crippen molar-refractivity contribution < 1.29 is 19.1 Å². The van der Waals surface area contributed by atoms with Gasteiger partial charge in [-0.05, 0) is 52.1 Å². The highest BCUT2D eigenvalue weighted by Gasteiger charge is 2.77. The van der Waals surface area contributed by atoms with Gasteiger partial charge >= 0.3 is 0 Å². The molecular weight excluding hydrogens is 404 g/mol. The molecule has 4 atom stereocenters. The summed E-state index contributed by atoms with van der Waals surface area (Å²) in [5.74, 6) is 1.05. The number of allylic oxidation sites excluding steroid dienone is 2. The number of piperazine rings is 1. The number of nitriles is 1. The van der Waals surface area contributed by atoms with Crippen LogP contribution in [0.15, 0.2) is 23.2 Å². The first-order chi connectivity index (χ1) is 14.3. The Balaban J connectivity index is 1.48. The maximum atomic E-state index is 13.7. The van der Waals surface area contributed by atoms with Crippen LogP contribution in [0.3, 0.4) is 0 Å². The van der Waals surface area contributed by atoms with Crippen LogP contribution in [0.25, 0.3) is 0 Å². The third-order valence-corrected chi connectivity index (χ3v) is 8.50. The van der Waals surface area contributed by atoms with Gasteiger partial charge in [-0.2, -0.15) is 5.26 Å². The van der Waals surface area contributed by atoms with E-state index in [0.717, 1.165) is 24.3 Å². The number of hydrogen-bond acceptors (Lipinski definition) is 7. The summed E-state index contributed by atoms with van der Waals surface area (Å²) in [5.41, 5.74) is 0.986. The zero-order valence-electron chi connectivity index (χ0n) is 17.5. The van der Waals surface area contributed by atoms with Crippen molar-refractivity contribution in [2.75, 3.05) is 34.0 Å². The molecule has 4 unspecified atom stereocenters. The normalized spacial score (nSPS) is 36.7. The molecule has 0 aromatic rings. The zero-order valence-corrected chi connectivity index (χ0v) is 18.3. The van der Waals surface area contributed by atoms with E-state index < -0.39 is 15.7 Å². The van der Waals surface area contributed by atoms with Crippen molar-refractivity contribution in [1.29, 1.82) is 5.26 Å². The molecule has 2 bridgehead atoms. The fourth-order valence-electron chi connectivity index (χ4n) is 5.46. The summed E-state index contributed by atoms with van der Waals surface area (Å²) >= 11 is 1.43. The highest BCUT2D eigenvalue weighted by atomic mass is 32.2. The smallest absolute Gasteiger partial charge is 0.260 e. The van der Waals surface area contributed by atoms with Crippen LogP contribution < -0.4 is 0 Å². The average molecular weight is 431 g/mol. The second-order valence-corrected chi connectivity index (χ2v) is 10.6. The van der Waals surface area contributed by atoms with Crippen LogP contribution in [0.5, 0.6) is 0 Å². The van der Waals surface area contributed by atoms with Gasteiger partial charge in [-0.1, -0.05) is 11.8 Å². The van der Waals surface area contributed by atoms with Crippen LogP contribution in [-0.2, 0) is 19.1 Å². The Kier molecular flexibility index (Phi) is 4.39. The van der Waals surface area contributed by atoms with Crippen LogP contribution >= 0.6 is 11.8 Å². The van der Waals surface area contributed by atoms with E-state index in [1.807, 2.05) is 27.1 Å². The fourth-order valence-corrected chi connectivity index (χ4v) is 7.35. The molecule has 0 aromatic heterocycles. The van der Waals surface area contributed by atoms with Gasteiger partial charge in [0.25, 0.3) is 11.8 Å². The second-order valence-electron chi connectivity index (χ2n) is 8.96. The minimum absolute atomic E-state index is 0.0205. The molecule has 3 saturated heterocycles. The molecule has 4 heterocycles. The molecule has 0 saturated carbocycles. The second kappa shape index (κ2) is 6.66. The van der Waals surface area contributed by atoms with Gasteiger partial charge in [0.15, 0.2) is 15.5 Å². The molecule has 1 spiro atoms. The van der Waals surface area contributed by atoms with Gasteiger partial charge in [0.05, 0.1) is 18.0 Å². The first-order valence-corrected chi connectivity index (χ1v) is 11.2. The predicted molar refractivity (Wildman–Crippen MR) is 109 cm³/mol. The van der Waals surface area contributed by atoms with E-state index in [2.05, 4.69) is 11.0 Å². The Bertz CT molecular complexity index is 924. The number of thioether (sulfide) groups is 1. The molecule has 9 heteroatoms. The van der Waals surface area contributed by atoms with Gasteiger partial charge in [-0.25, -0.2) is 0 Å². The van der Waals surface area contributed by atoms with Crippen molar-refractivity contribution in [1.82, 2.24) is 14.7 Å². The summed E-state index contributed by atoms with van der Waals surface area (Å²) in [4.78, 5) is 31.0. The highest BCUT2D eigenvalue weighted by Crippen LogP contribution is 2.65. The molecule has 30 heavy (non-hydrogen) atoms. The molecule has 0 radical (unpaired) electrons. The van der Waals surface area contributed by atoms with Crippen molar-refractivity contribution in [3.63, 3.8) is 0 Å². The van der Waals surface area contributed by atoms with E-state index in [4.69, 9.17) is 9.47 Å². The molecule has 3 fully saturated rings. The number of rotatable bonds is 5. The van der Waals surface area contributed by atoms with Crippen LogP contribution in [-0.4, -0.2) is 76.3 Å². The number of carbonyl (C=O) groups is 2. The number of fused-ring (bicyclic) bond motifs is 1. The largest absolute Gasteiger partial charge is 0.458 e. The Hall–Kier alpha value is -2.18. The highest BCUT2D eigenvalue weighted by molar-refractivity contribution is 8.04. The predicted octanol–water partition coefficient (Wildman–Crippen LogP) is 1.62. The topological polar surface area (TPSA) is 86.1 Å². The van der Waals surface area contributed by atoms with E-state index >= 15 is 0 Å². The maximum absolute atomic E-state index is 13.7. The van der Waals surface area contributed by atoms with Crippen LogP contribution in [0.4, 0.5) is 0 Å². The fraction of sp³-hybridized carbons (Fsp3) is 0.667. The summed E-state index contributed by atoms with van der Waals surface area (Å²) in [6.07, 6.45) is 4.50. The van der Waals surface area contributed by atoms with Crippen LogP contribution in [0, 0.1) is 17.2 Å². The lowest BCUT2D eigenvalue weighted by molar-refractivity contribution is -0.160. The van der Waals surface area contributed by atoms with Crippen molar-refractivity contribution in [3.8, 4) is 6.07 Å². The number of carbonyl (C=O) groups excluding carboxylic acids is 2. The summed E-state index contributed by atoms with van der Waals surface area (Å²) in [7, 11) is 3.99. The van der Waals surface area contributed by atoms with Crippen molar-refractivity contribution >= 4 is 23.6 Å². The average Bonchev–Trinajstić information content (AvgIpc) is 3.40. The van der Waals surface area contributed by atoms with Crippen molar-refractivity contribution in [2.45, 2.75) is 48.4 Å². The Morgan fingerprint density at radius 3 is 2.83 bits per heavy atom. The molecule has 5 rings (SSSR count). The lowest BCUT2D eigenvalue weighted by atomic mass is 9.88. The molecule has 160 valence electrons. The summed E-state index contributed by atoms with van der Waals surface area (Å²) < 4.78 is 11.0. The summed E-state index contributed by atoms with van der Waals surface area (Å²) in [6.45, 7) is 3.48. The zero-order chi connectivity index (χ0) is 21.3. The van der Waals surface area contributed by atoms with Crippen LogP contribution in [0.1, 0.15) is 32.6 Å². The first-order valence-electron chi connectivity index (χ1n) is 10.4. The minimum atomic E-state index is -0.961. The molecule has 2 amide bonds. The lowest BCUT2D eigenvalue weighted by Crippen LogP contribution is -2.63. The first kappa shape index (κ1) is 19.8. The summed E-state index contributed by atoms with van der Waals surface area (Å²) in [5, 5.41) is 9.92. The van der Waals surface area contributed by atoms with Gasteiger partial charge in [-0.3, -0.25) is 9.59 Å². The quantitative estimate of drug-likeness (QED) is 0.655. The molecule has 1 aliphatic carbocycles. The summed E-state index contributed by atoms with van der Waals surface area (Å²) in [6, 6.07) is 2.00. The van der Waals surface area contributed by atoms with E-state index in [1.165, 1.54) is 11.8 Å². The van der Waals surface area contributed by atoms with E-state index in [1.54, 1.807) is 9.80 Å². The Labute approximate surface area is 180 Å². The van der Waals surface area contributed by atoms with Crippen molar-refractivity contribution in [2.24, 2.45) is 5.92 Å².